The predicted octanol–water partition coefficient (Wildman–Crippen LogP) is 1.96. The van der Waals surface area contributed by atoms with Gasteiger partial charge in [-0.1, -0.05) is 6.07 Å². The molecule has 7 nitrogen and oxygen atoms in total. The summed E-state index contributed by atoms with van der Waals surface area (Å²) in [6.07, 6.45) is 5.13. The van der Waals surface area contributed by atoms with E-state index in [1.165, 1.54) is 7.11 Å². The van der Waals surface area contributed by atoms with Gasteiger partial charge in [0.05, 0.1) is 25.6 Å². The van der Waals surface area contributed by atoms with Gasteiger partial charge in [0.25, 0.3) is 0 Å². The molecule has 7 heteroatoms. The summed E-state index contributed by atoms with van der Waals surface area (Å²) >= 11 is 0. The number of methoxy groups -OCH3 is 1. The minimum atomic E-state index is -0.158. The second-order valence-electron chi connectivity index (χ2n) is 5.17. The Morgan fingerprint density at radius 1 is 1.21 bits per heavy atom. The third-order valence-corrected chi connectivity index (χ3v) is 3.53. The molecule has 3 aromatic heterocycles. The molecule has 3 rings (SSSR count). The summed E-state index contributed by atoms with van der Waals surface area (Å²) in [7, 11) is 3.39. The summed E-state index contributed by atoms with van der Waals surface area (Å²) in [5, 5.41) is 13.9. The van der Waals surface area contributed by atoms with Gasteiger partial charge in [0.15, 0.2) is 0 Å². The molecule has 0 saturated carbocycles. The lowest BCUT2D eigenvalue weighted by atomic mass is 10.1. The Morgan fingerprint density at radius 2 is 2.08 bits per heavy atom. The Bertz CT molecular complexity index is 832. The summed E-state index contributed by atoms with van der Waals surface area (Å²) < 4.78 is 12.6. The first-order chi connectivity index (χ1) is 11.7. The molecule has 0 saturated heterocycles. The molecule has 0 spiro atoms. The lowest BCUT2D eigenvalue weighted by Crippen LogP contribution is -2.03. The van der Waals surface area contributed by atoms with E-state index in [1.54, 1.807) is 23.1 Å². The first-order valence-corrected chi connectivity index (χ1v) is 7.41. The number of aryl methyl sites for hydroxylation is 1. The van der Waals surface area contributed by atoms with E-state index in [4.69, 9.17) is 9.47 Å². The maximum atomic E-state index is 9.48. The van der Waals surface area contributed by atoms with Gasteiger partial charge >= 0.3 is 0 Å². The van der Waals surface area contributed by atoms with Crippen LogP contribution in [0.5, 0.6) is 11.6 Å². The predicted molar refractivity (Wildman–Crippen MR) is 87.5 cm³/mol. The van der Waals surface area contributed by atoms with Crippen molar-refractivity contribution in [2.24, 2.45) is 7.05 Å². The van der Waals surface area contributed by atoms with E-state index in [0.29, 0.717) is 23.8 Å². The second-order valence-corrected chi connectivity index (χ2v) is 5.17. The van der Waals surface area contributed by atoms with Crippen molar-refractivity contribution in [3.8, 4) is 23.0 Å². The summed E-state index contributed by atoms with van der Waals surface area (Å²) in [6.45, 7) is 0.134. The van der Waals surface area contributed by atoms with Crippen molar-refractivity contribution < 1.29 is 14.6 Å². The molecule has 0 amide bonds. The lowest BCUT2D eigenvalue weighted by molar-refractivity contribution is 0.256. The molecule has 0 bridgehead atoms. The molecular weight excluding hydrogens is 308 g/mol. The highest BCUT2D eigenvalue weighted by molar-refractivity contribution is 5.58. The van der Waals surface area contributed by atoms with Gasteiger partial charge in [0.1, 0.15) is 18.1 Å². The van der Waals surface area contributed by atoms with Crippen LogP contribution < -0.4 is 9.47 Å². The molecule has 0 aliphatic heterocycles. The highest BCUT2D eigenvalue weighted by Gasteiger charge is 2.11. The number of aliphatic hydroxyl groups excluding tert-OH is 1. The summed E-state index contributed by atoms with van der Waals surface area (Å²) in [5.41, 5.74) is 3.07. The summed E-state index contributed by atoms with van der Waals surface area (Å²) in [5.74, 6) is 0.941. The first-order valence-electron chi connectivity index (χ1n) is 7.41. The van der Waals surface area contributed by atoms with Gasteiger partial charge in [0.2, 0.25) is 5.88 Å². The lowest BCUT2D eigenvalue weighted by Gasteiger charge is -2.12. The van der Waals surface area contributed by atoms with Crippen LogP contribution in [0.25, 0.3) is 11.4 Å². The number of hydrogen-bond donors (Lipinski definition) is 1. The Morgan fingerprint density at radius 3 is 2.79 bits per heavy atom. The normalized spacial score (nSPS) is 10.6. The maximum Gasteiger partial charge on any atom is 0.213 e. The molecule has 124 valence electrons. The zero-order valence-electron chi connectivity index (χ0n) is 13.5. The molecule has 0 unspecified atom stereocenters. The molecule has 0 aliphatic rings. The first kappa shape index (κ1) is 15.9. The molecule has 0 radical (unpaired) electrons. The molecular formula is C17H18N4O3. The second kappa shape index (κ2) is 7.10. The average molecular weight is 326 g/mol. The molecule has 3 aromatic rings. The number of ether oxygens (including phenoxy) is 2. The third kappa shape index (κ3) is 3.36. The van der Waals surface area contributed by atoms with Crippen LogP contribution in [0.4, 0.5) is 0 Å². The minimum absolute atomic E-state index is 0.158. The van der Waals surface area contributed by atoms with Crippen LogP contribution in [0, 0.1) is 0 Å². The minimum Gasteiger partial charge on any atom is -0.487 e. The van der Waals surface area contributed by atoms with Crippen LogP contribution in [0.3, 0.4) is 0 Å². The van der Waals surface area contributed by atoms with Crippen molar-refractivity contribution in [1.82, 2.24) is 19.7 Å². The average Bonchev–Trinajstić information content (AvgIpc) is 3.06. The number of aromatic nitrogens is 4. The monoisotopic (exact) mass is 326 g/mol. The van der Waals surface area contributed by atoms with Crippen LogP contribution >= 0.6 is 0 Å². The van der Waals surface area contributed by atoms with Gasteiger partial charge in [0, 0.05) is 36.6 Å². The zero-order chi connectivity index (χ0) is 16.9. The summed E-state index contributed by atoms with van der Waals surface area (Å²) in [6, 6.07) is 7.34. The van der Waals surface area contributed by atoms with Crippen LogP contribution in [0.1, 0.15) is 11.1 Å². The Kier molecular flexibility index (Phi) is 4.72. The molecule has 1 N–H and O–H groups in total. The van der Waals surface area contributed by atoms with E-state index in [9.17, 15) is 5.11 Å². The molecule has 3 heterocycles. The van der Waals surface area contributed by atoms with E-state index in [0.717, 1.165) is 17.0 Å². The van der Waals surface area contributed by atoms with Crippen LogP contribution in [-0.2, 0) is 20.3 Å². The van der Waals surface area contributed by atoms with E-state index in [1.807, 2.05) is 31.4 Å². The zero-order valence-corrected chi connectivity index (χ0v) is 13.5. The molecule has 0 aromatic carbocycles. The largest absolute Gasteiger partial charge is 0.487 e. The third-order valence-electron chi connectivity index (χ3n) is 3.53. The highest BCUT2D eigenvalue weighted by atomic mass is 16.5. The van der Waals surface area contributed by atoms with Crippen molar-refractivity contribution in [2.75, 3.05) is 7.11 Å². The van der Waals surface area contributed by atoms with Crippen molar-refractivity contribution in [2.45, 2.75) is 13.2 Å². The number of nitrogens with zero attached hydrogens (tertiary/aromatic N) is 4. The van der Waals surface area contributed by atoms with Gasteiger partial charge < -0.3 is 14.6 Å². The fraction of sp³-hybridized carbons (Fsp3) is 0.235. The number of rotatable bonds is 6. The topological polar surface area (TPSA) is 82.3 Å². The van der Waals surface area contributed by atoms with E-state index >= 15 is 0 Å². The van der Waals surface area contributed by atoms with Crippen molar-refractivity contribution >= 4 is 0 Å². The van der Waals surface area contributed by atoms with Crippen LogP contribution in [0.2, 0.25) is 0 Å². The fourth-order valence-electron chi connectivity index (χ4n) is 2.31. The van der Waals surface area contributed by atoms with Crippen molar-refractivity contribution in [3.05, 3.63) is 54.0 Å². The SMILES string of the molecule is COc1cc(CO)c(OCc2cccnc2-c2ccn(C)n2)cn1. The van der Waals surface area contributed by atoms with E-state index in [-0.39, 0.29) is 6.61 Å². The summed E-state index contributed by atoms with van der Waals surface area (Å²) in [4.78, 5) is 8.52. The Hall–Kier alpha value is -2.93. The number of hydrogen-bond acceptors (Lipinski definition) is 6. The quantitative estimate of drug-likeness (QED) is 0.745. The smallest absolute Gasteiger partial charge is 0.213 e. The van der Waals surface area contributed by atoms with Crippen LogP contribution in [0.15, 0.2) is 42.9 Å². The van der Waals surface area contributed by atoms with Gasteiger partial charge in [-0.05, 0) is 12.1 Å². The Balaban J connectivity index is 1.83. The highest BCUT2D eigenvalue weighted by Crippen LogP contribution is 2.25. The van der Waals surface area contributed by atoms with E-state index in [2.05, 4.69) is 15.1 Å². The van der Waals surface area contributed by atoms with Gasteiger partial charge in [-0.3, -0.25) is 9.67 Å². The maximum absolute atomic E-state index is 9.48. The standard InChI is InChI=1S/C17H18N4O3/c1-21-7-5-14(20-21)17-12(4-3-6-18-17)11-24-15-9-19-16(23-2)8-13(15)10-22/h3-9,22H,10-11H2,1-2H3. The van der Waals surface area contributed by atoms with Gasteiger partial charge in [-0.25, -0.2) is 4.98 Å². The van der Waals surface area contributed by atoms with E-state index < -0.39 is 0 Å². The van der Waals surface area contributed by atoms with Gasteiger partial charge in [-0.15, -0.1) is 0 Å². The molecule has 24 heavy (non-hydrogen) atoms. The fourth-order valence-corrected chi connectivity index (χ4v) is 2.31. The Labute approximate surface area is 139 Å². The van der Waals surface area contributed by atoms with Crippen molar-refractivity contribution in [3.63, 3.8) is 0 Å². The molecule has 0 aliphatic carbocycles. The molecule has 0 fully saturated rings. The molecule has 0 atom stereocenters. The number of aliphatic hydroxyl groups is 1. The van der Waals surface area contributed by atoms with Gasteiger partial charge in [-0.2, -0.15) is 5.10 Å². The van der Waals surface area contributed by atoms with Crippen molar-refractivity contribution in [1.29, 1.82) is 0 Å². The van der Waals surface area contributed by atoms with Crippen LogP contribution in [-0.4, -0.2) is 32.0 Å². The number of pyridine rings is 2.